The third kappa shape index (κ3) is 6.04. The molecule has 168 valence electrons. The quantitative estimate of drug-likeness (QED) is 0.777. The summed E-state index contributed by atoms with van der Waals surface area (Å²) in [6.45, 7) is 8.99. The van der Waals surface area contributed by atoms with Gasteiger partial charge in [0.15, 0.2) is 5.75 Å². The van der Waals surface area contributed by atoms with Crippen molar-refractivity contribution in [2.24, 2.45) is 0 Å². The van der Waals surface area contributed by atoms with Crippen molar-refractivity contribution in [1.29, 1.82) is 0 Å². The van der Waals surface area contributed by atoms with E-state index in [0.29, 0.717) is 42.5 Å². The standard InChI is InChI=1S/C22H29FN4O4/c1-15-12-26(21(29)31-22(2,3)4)7-8-27(15)20-24-10-18(11-25-20)30-14-17-6-5-16(13-28)9-19(17)23/h5-6,9-11,15,28H,7-8,12-14H2,1-4H3/t15-/m1/s1. The van der Waals surface area contributed by atoms with Crippen LogP contribution in [0.3, 0.4) is 0 Å². The number of amides is 1. The fraction of sp³-hybridized carbons (Fsp3) is 0.500. The molecule has 1 aromatic heterocycles. The van der Waals surface area contributed by atoms with Crippen LogP contribution in [0.4, 0.5) is 15.1 Å². The minimum absolute atomic E-state index is 0.0205. The van der Waals surface area contributed by atoms with Crippen molar-refractivity contribution in [2.75, 3.05) is 24.5 Å². The predicted octanol–water partition coefficient (Wildman–Crippen LogP) is 3.13. The Morgan fingerprint density at radius 1 is 1.26 bits per heavy atom. The smallest absolute Gasteiger partial charge is 0.410 e. The first-order valence-electron chi connectivity index (χ1n) is 10.2. The van der Waals surface area contributed by atoms with Gasteiger partial charge in [-0.1, -0.05) is 12.1 Å². The average molecular weight is 432 g/mol. The highest BCUT2D eigenvalue weighted by Crippen LogP contribution is 2.21. The van der Waals surface area contributed by atoms with Crippen LogP contribution in [0.2, 0.25) is 0 Å². The number of aliphatic hydroxyl groups excluding tert-OH is 1. The molecule has 1 saturated heterocycles. The Bertz CT molecular complexity index is 901. The monoisotopic (exact) mass is 432 g/mol. The molecule has 1 aliphatic heterocycles. The zero-order valence-electron chi connectivity index (χ0n) is 18.3. The van der Waals surface area contributed by atoms with E-state index in [1.165, 1.54) is 6.07 Å². The maximum Gasteiger partial charge on any atom is 0.410 e. The molecule has 1 aliphatic rings. The number of rotatable bonds is 5. The van der Waals surface area contributed by atoms with Gasteiger partial charge >= 0.3 is 6.09 Å². The van der Waals surface area contributed by atoms with Crippen LogP contribution in [0.15, 0.2) is 30.6 Å². The first kappa shape index (κ1) is 22.7. The fourth-order valence-corrected chi connectivity index (χ4v) is 3.25. The van der Waals surface area contributed by atoms with E-state index >= 15 is 0 Å². The van der Waals surface area contributed by atoms with Crippen molar-refractivity contribution in [3.8, 4) is 5.75 Å². The number of aromatic nitrogens is 2. The number of hydrogen-bond donors (Lipinski definition) is 1. The number of piperazine rings is 1. The second kappa shape index (κ2) is 9.47. The molecule has 1 amide bonds. The number of nitrogens with zero attached hydrogens (tertiary/aromatic N) is 4. The lowest BCUT2D eigenvalue weighted by Gasteiger charge is -2.40. The first-order chi connectivity index (χ1) is 14.7. The Balaban J connectivity index is 1.56. The van der Waals surface area contributed by atoms with Crippen molar-refractivity contribution >= 4 is 12.0 Å². The molecule has 0 aliphatic carbocycles. The van der Waals surface area contributed by atoms with E-state index in [-0.39, 0.29) is 25.3 Å². The van der Waals surface area contributed by atoms with Gasteiger partial charge in [0, 0.05) is 31.2 Å². The van der Waals surface area contributed by atoms with Gasteiger partial charge < -0.3 is 24.4 Å². The van der Waals surface area contributed by atoms with Crippen LogP contribution >= 0.6 is 0 Å². The van der Waals surface area contributed by atoms with E-state index in [2.05, 4.69) is 9.97 Å². The lowest BCUT2D eigenvalue weighted by molar-refractivity contribution is 0.0218. The number of carbonyl (C=O) groups is 1. The molecular formula is C22H29FN4O4. The predicted molar refractivity (Wildman–Crippen MR) is 113 cm³/mol. The van der Waals surface area contributed by atoms with Crippen LogP contribution in [0.25, 0.3) is 0 Å². The summed E-state index contributed by atoms with van der Waals surface area (Å²) in [5, 5.41) is 9.06. The van der Waals surface area contributed by atoms with Gasteiger partial charge in [-0.2, -0.15) is 0 Å². The van der Waals surface area contributed by atoms with Crippen molar-refractivity contribution in [3.05, 3.63) is 47.5 Å². The summed E-state index contributed by atoms with van der Waals surface area (Å²) < 4.78 is 25.0. The molecule has 1 aromatic carbocycles. The molecule has 0 bridgehead atoms. The van der Waals surface area contributed by atoms with Crippen LogP contribution in [-0.4, -0.2) is 57.3 Å². The highest BCUT2D eigenvalue weighted by molar-refractivity contribution is 5.68. The maximum atomic E-state index is 14.0. The maximum absolute atomic E-state index is 14.0. The topological polar surface area (TPSA) is 88.0 Å². The van der Waals surface area contributed by atoms with Gasteiger partial charge in [0.05, 0.1) is 19.0 Å². The second-order valence-electron chi connectivity index (χ2n) is 8.56. The summed E-state index contributed by atoms with van der Waals surface area (Å²) in [6.07, 6.45) is 2.79. The highest BCUT2D eigenvalue weighted by Gasteiger charge is 2.30. The Kier molecular flexibility index (Phi) is 6.94. The van der Waals surface area contributed by atoms with E-state index in [0.717, 1.165) is 0 Å². The molecule has 0 spiro atoms. The van der Waals surface area contributed by atoms with Crippen LogP contribution in [0.5, 0.6) is 5.75 Å². The van der Waals surface area contributed by atoms with Gasteiger partial charge in [-0.05, 0) is 39.3 Å². The molecule has 9 heteroatoms. The van der Waals surface area contributed by atoms with Gasteiger partial charge in [0.1, 0.15) is 18.0 Å². The van der Waals surface area contributed by atoms with Crippen molar-refractivity contribution < 1.29 is 23.8 Å². The van der Waals surface area contributed by atoms with Crippen molar-refractivity contribution in [2.45, 2.75) is 52.6 Å². The van der Waals surface area contributed by atoms with Crippen molar-refractivity contribution in [3.63, 3.8) is 0 Å². The third-order valence-corrected chi connectivity index (χ3v) is 4.84. The lowest BCUT2D eigenvalue weighted by atomic mass is 10.1. The Morgan fingerprint density at radius 3 is 2.55 bits per heavy atom. The van der Waals surface area contributed by atoms with Gasteiger partial charge in [-0.15, -0.1) is 0 Å². The van der Waals surface area contributed by atoms with E-state index in [1.54, 1.807) is 29.4 Å². The van der Waals surface area contributed by atoms with Gasteiger partial charge in [0.2, 0.25) is 5.95 Å². The van der Waals surface area contributed by atoms with Crippen molar-refractivity contribution in [1.82, 2.24) is 14.9 Å². The van der Waals surface area contributed by atoms with Crippen LogP contribution in [-0.2, 0) is 18.0 Å². The van der Waals surface area contributed by atoms with Crippen LogP contribution in [0, 0.1) is 5.82 Å². The normalized spacial score (nSPS) is 16.9. The second-order valence-corrected chi connectivity index (χ2v) is 8.56. The summed E-state index contributed by atoms with van der Waals surface area (Å²) in [4.78, 5) is 24.8. The molecule has 2 aromatic rings. The molecule has 1 N–H and O–H groups in total. The number of benzene rings is 1. The first-order valence-corrected chi connectivity index (χ1v) is 10.2. The zero-order valence-corrected chi connectivity index (χ0v) is 18.3. The van der Waals surface area contributed by atoms with E-state index < -0.39 is 11.4 Å². The van der Waals surface area contributed by atoms with E-state index in [4.69, 9.17) is 14.6 Å². The van der Waals surface area contributed by atoms with E-state index in [9.17, 15) is 9.18 Å². The van der Waals surface area contributed by atoms with Crippen LogP contribution < -0.4 is 9.64 Å². The Morgan fingerprint density at radius 2 is 1.97 bits per heavy atom. The molecule has 0 unspecified atom stereocenters. The summed E-state index contributed by atoms with van der Waals surface area (Å²) in [5.41, 5.74) is 0.364. The van der Waals surface area contributed by atoms with E-state index in [1.807, 2.05) is 32.6 Å². The molecule has 8 nitrogen and oxygen atoms in total. The van der Waals surface area contributed by atoms with Gasteiger partial charge in [-0.25, -0.2) is 19.2 Å². The Hall–Kier alpha value is -2.94. The number of anilines is 1. The lowest BCUT2D eigenvalue weighted by Crippen LogP contribution is -2.55. The summed E-state index contributed by atoms with van der Waals surface area (Å²) in [7, 11) is 0. The minimum Gasteiger partial charge on any atom is -0.486 e. The third-order valence-electron chi connectivity index (χ3n) is 4.84. The largest absolute Gasteiger partial charge is 0.486 e. The van der Waals surface area contributed by atoms with Gasteiger partial charge in [0.25, 0.3) is 0 Å². The molecule has 2 heterocycles. The minimum atomic E-state index is -0.528. The average Bonchev–Trinajstić information content (AvgIpc) is 2.72. The van der Waals surface area contributed by atoms with Crippen LogP contribution in [0.1, 0.15) is 38.8 Å². The highest BCUT2D eigenvalue weighted by atomic mass is 19.1. The fourth-order valence-electron chi connectivity index (χ4n) is 3.25. The molecule has 31 heavy (non-hydrogen) atoms. The van der Waals surface area contributed by atoms with Gasteiger partial charge in [-0.3, -0.25) is 0 Å². The summed E-state index contributed by atoms with van der Waals surface area (Å²) in [5.74, 6) is 0.539. The molecule has 0 radical (unpaired) electrons. The Labute approximate surface area is 181 Å². The molecule has 0 saturated carbocycles. The zero-order chi connectivity index (χ0) is 22.6. The molecule has 1 fully saturated rings. The summed E-state index contributed by atoms with van der Waals surface area (Å²) >= 11 is 0. The summed E-state index contributed by atoms with van der Waals surface area (Å²) in [6, 6.07) is 4.55. The molecular weight excluding hydrogens is 403 g/mol. The number of halogens is 1. The number of carbonyl (C=O) groups excluding carboxylic acids is 1. The number of ether oxygens (including phenoxy) is 2. The molecule has 3 rings (SSSR count). The molecule has 1 atom stereocenters. The number of aliphatic hydroxyl groups is 1. The SMILES string of the molecule is C[C@@H]1CN(C(=O)OC(C)(C)C)CCN1c1ncc(OCc2ccc(CO)cc2F)cn1. The number of hydrogen-bond acceptors (Lipinski definition) is 7.